The van der Waals surface area contributed by atoms with Gasteiger partial charge in [-0.15, -0.1) is 5.10 Å². The van der Waals surface area contributed by atoms with Gasteiger partial charge in [0.1, 0.15) is 0 Å². The average Bonchev–Trinajstić information content (AvgIpc) is 2.93. The van der Waals surface area contributed by atoms with E-state index < -0.39 is 12.6 Å². The number of anilines is 1. The average molecular weight is 288 g/mol. The predicted molar refractivity (Wildman–Crippen MR) is 71.5 cm³/mol. The largest absolute Gasteiger partial charge is 0.390 e. The van der Waals surface area contributed by atoms with Gasteiger partial charge in [-0.2, -0.15) is 18.2 Å². The van der Waals surface area contributed by atoms with Gasteiger partial charge in [-0.05, 0) is 32.8 Å². The zero-order chi connectivity index (χ0) is 14.8. The molecule has 0 N–H and O–H groups in total. The second-order valence-corrected chi connectivity index (χ2v) is 5.27. The molecule has 0 spiro atoms. The van der Waals surface area contributed by atoms with E-state index in [1.165, 1.54) is 4.68 Å². The van der Waals surface area contributed by atoms with Crippen molar-refractivity contribution in [2.75, 3.05) is 18.0 Å². The van der Waals surface area contributed by atoms with Crippen LogP contribution in [0.1, 0.15) is 38.9 Å². The summed E-state index contributed by atoms with van der Waals surface area (Å²) in [7, 11) is 0. The highest BCUT2D eigenvalue weighted by atomic mass is 19.4. The molecule has 1 aromatic heterocycles. The first-order valence-corrected chi connectivity index (χ1v) is 6.76. The molecule has 0 unspecified atom stereocenters. The van der Waals surface area contributed by atoms with Gasteiger partial charge in [-0.1, -0.05) is 5.57 Å². The lowest BCUT2D eigenvalue weighted by Gasteiger charge is -2.11. The van der Waals surface area contributed by atoms with Crippen LogP contribution >= 0.6 is 0 Å². The molecular weight excluding hydrogens is 269 g/mol. The fraction of sp³-hybridized carbons (Fsp3) is 0.692. The summed E-state index contributed by atoms with van der Waals surface area (Å²) in [4.78, 5) is 6.39. The normalized spacial score (nSPS) is 15.8. The second-order valence-electron chi connectivity index (χ2n) is 5.27. The summed E-state index contributed by atoms with van der Waals surface area (Å²) in [6.07, 6.45) is -1.14. The van der Waals surface area contributed by atoms with Gasteiger partial charge in [0.05, 0.1) is 13.0 Å². The minimum absolute atomic E-state index is 0.191. The van der Waals surface area contributed by atoms with Gasteiger partial charge in [-0.3, -0.25) is 0 Å². The number of rotatable bonds is 4. The van der Waals surface area contributed by atoms with Gasteiger partial charge < -0.3 is 4.90 Å². The maximum Gasteiger partial charge on any atom is 0.390 e. The number of hydrogen-bond acceptors (Lipinski definition) is 3. The van der Waals surface area contributed by atoms with Crippen LogP contribution in [0.15, 0.2) is 5.57 Å². The third-order valence-electron chi connectivity index (χ3n) is 3.10. The van der Waals surface area contributed by atoms with Gasteiger partial charge in [0.15, 0.2) is 5.82 Å². The van der Waals surface area contributed by atoms with E-state index in [1.807, 2.05) is 18.7 Å². The van der Waals surface area contributed by atoms with Gasteiger partial charge in [0, 0.05) is 13.1 Å². The highest BCUT2D eigenvalue weighted by molar-refractivity contribution is 5.47. The minimum Gasteiger partial charge on any atom is -0.340 e. The van der Waals surface area contributed by atoms with Crippen LogP contribution < -0.4 is 4.90 Å². The first-order valence-electron chi connectivity index (χ1n) is 6.76. The molecular formula is C13H19F3N4. The Balaban J connectivity index is 2.20. The maximum atomic E-state index is 12.4. The summed E-state index contributed by atoms with van der Waals surface area (Å²) in [5.74, 6) is 1.04. The van der Waals surface area contributed by atoms with Gasteiger partial charge in [-0.25, -0.2) is 4.68 Å². The zero-order valence-electron chi connectivity index (χ0n) is 11.7. The number of aryl methyl sites for hydroxylation is 1. The molecule has 4 nitrogen and oxygen atoms in total. The number of hydrogen-bond donors (Lipinski definition) is 0. The molecule has 2 rings (SSSR count). The van der Waals surface area contributed by atoms with E-state index in [2.05, 4.69) is 10.1 Å². The molecule has 1 aromatic rings. The van der Waals surface area contributed by atoms with E-state index >= 15 is 0 Å². The van der Waals surface area contributed by atoms with Gasteiger partial charge >= 0.3 is 6.18 Å². The molecule has 0 radical (unpaired) electrons. The number of allylic oxidation sites excluding steroid dienone is 1. The van der Waals surface area contributed by atoms with Crippen molar-refractivity contribution in [1.29, 1.82) is 0 Å². The minimum atomic E-state index is -4.18. The Kier molecular flexibility index (Phi) is 4.35. The van der Waals surface area contributed by atoms with Crippen molar-refractivity contribution in [3.05, 3.63) is 11.4 Å². The SMILES string of the molecule is CC(C)=Cc1nc(N2CCCC2)nn1CCC(F)(F)F. The third-order valence-corrected chi connectivity index (χ3v) is 3.10. The Bertz CT molecular complexity index is 480. The number of halogens is 3. The molecule has 0 amide bonds. The van der Waals surface area contributed by atoms with Crippen LogP contribution in [0.3, 0.4) is 0 Å². The molecule has 1 aliphatic rings. The summed E-state index contributed by atoms with van der Waals surface area (Å²) < 4.78 is 38.4. The van der Waals surface area contributed by atoms with Crippen LogP contribution in [0.2, 0.25) is 0 Å². The highest BCUT2D eigenvalue weighted by Crippen LogP contribution is 2.22. The Hall–Kier alpha value is -1.53. The Labute approximate surface area is 116 Å². The molecule has 1 aliphatic heterocycles. The molecule has 112 valence electrons. The molecule has 1 fully saturated rings. The molecule has 0 atom stereocenters. The van der Waals surface area contributed by atoms with Crippen molar-refractivity contribution >= 4 is 12.0 Å². The van der Waals surface area contributed by atoms with Crippen molar-refractivity contribution in [3.8, 4) is 0 Å². The Morgan fingerprint density at radius 3 is 2.45 bits per heavy atom. The zero-order valence-corrected chi connectivity index (χ0v) is 11.7. The van der Waals surface area contributed by atoms with Gasteiger partial charge in [0.25, 0.3) is 0 Å². The number of nitrogens with zero attached hydrogens (tertiary/aromatic N) is 4. The van der Waals surface area contributed by atoms with E-state index in [4.69, 9.17) is 0 Å². The predicted octanol–water partition coefficient (Wildman–Crippen LogP) is 3.25. The molecule has 7 heteroatoms. The fourth-order valence-electron chi connectivity index (χ4n) is 2.16. The standard InChI is InChI=1S/C13H19F3N4/c1-10(2)9-11-17-12(19-6-3-4-7-19)18-20(11)8-5-13(14,15)16/h9H,3-8H2,1-2H3. The molecule has 0 bridgehead atoms. The molecule has 0 saturated carbocycles. The van der Waals surface area contributed by atoms with Crippen LogP contribution in [-0.2, 0) is 6.54 Å². The summed E-state index contributed by atoms with van der Waals surface area (Å²) in [6, 6.07) is 0. The summed E-state index contributed by atoms with van der Waals surface area (Å²) >= 11 is 0. The van der Waals surface area contributed by atoms with E-state index in [0.717, 1.165) is 31.5 Å². The first kappa shape index (κ1) is 14.9. The summed E-state index contributed by atoms with van der Waals surface area (Å²) in [5.41, 5.74) is 0.985. The lowest BCUT2D eigenvalue weighted by molar-refractivity contribution is -0.137. The number of alkyl halides is 3. The Morgan fingerprint density at radius 2 is 1.90 bits per heavy atom. The molecule has 1 saturated heterocycles. The molecule has 2 heterocycles. The Morgan fingerprint density at radius 1 is 1.25 bits per heavy atom. The van der Waals surface area contributed by atoms with Crippen molar-refractivity contribution in [2.45, 2.75) is 45.8 Å². The third kappa shape index (κ3) is 3.98. The molecule has 0 aromatic carbocycles. The van der Waals surface area contributed by atoms with Crippen LogP contribution in [-0.4, -0.2) is 34.0 Å². The second kappa shape index (κ2) is 5.85. The fourth-order valence-corrected chi connectivity index (χ4v) is 2.16. The summed E-state index contributed by atoms with van der Waals surface area (Å²) in [6.45, 7) is 5.33. The lowest BCUT2D eigenvalue weighted by atomic mass is 10.3. The van der Waals surface area contributed by atoms with Crippen molar-refractivity contribution in [1.82, 2.24) is 14.8 Å². The monoisotopic (exact) mass is 288 g/mol. The van der Waals surface area contributed by atoms with Gasteiger partial charge in [0.2, 0.25) is 5.95 Å². The van der Waals surface area contributed by atoms with Crippen LogP contribution in [0.4, 0.5) is 19.1 Å². The molecule has 0 aliphatic carbocycles. The van der Waals surface area contributed by atoms with Crippen molar-refractivity contribution in [3.63, 3.8) is 0 Å². The van der Waals surface area contributed by atoms with Crippen LogP contribution in [0, 0.1) is 0 Å². The first-order chi connectivity index (χ1) is 9.35. The van der Waals surface area contributed by atoms with Crippen LogP contribution in [0.25, 0.3) is 6.08 Å². The lowest BCUT2D eigenvalue weighted by Crippen LogP contribution is -2.19. The smallest absolute Gasteiger partial charge is 0.340 e. The van der Waals surface area contributed by atoms with E-state index in [1.54, 1.807) is 6.08 Å². The maximum absolute atomic E-state index is 12.4. The van der Waals surface area contributed by atoms with Crippen molar-refractivity contribution < 1.29 is 13.2 Å². The van der Waals surface area contributed by atoms with Crippen LogP contribution in [0.5, 0.6) is 0 Å². The topological polar surface area (TPSA) is 34.0 Å². The number of aromatic nitrogens is 3. The summed E-state index contributed by atoms with van der Waals surface area (Å²) in [5, 5.41) is 4.24. The van der Waals surface area contributed by atoms with E-state index in [0.29, 0.717) is 11.8 Å². The van der Waals surface area contributed by atoms with Crippen molar-refractivity contribution in [2.24, 2.45) is 0 Å². The van der Waals surface area contributed by atoms with E-state index in [-0.39, 0.29) is 6.54 Å². The van der Waals surface area contributed by atoms with E-state index in [9.17, 15) is 13.2 Å². The highest BCUT2D eigenvalue weighted by Gasteiger charge is 2.28. The quantitative estimate of drug-likeness (QED) is 0.853. The molecule has 20 heavy (non-hydrogen) atoms.